The van der Waals surface area contributed by atoms with Crippen molar-refractivity contribution in [1.29, 1.82) is 0 Å². The molecule has 0 saturated carbocycles. The number of sulfonamides is 1. The Balaban J connectivity index is 2.38. The third-order valence-electron chi connectivity index (χ3n) is 2.53. The fourth-order valence-electron chi connectivity index (χ4n) is 1.52. The zero-order valence-corrected chi connectivity index (χ0v) is 11.3. The third kappa shape index (κ3) is 2.80. The SMILES string of the molecule is COc1cc(S(=O)(=O)Nc2ccncc2F)ccc1N. The van der Waals surface area contributed by atoms with Crippen molar-refractivity contribution in [3.8, 4) is 5.75 Å². The lowest BCUT2D eigenvalue weighted by molar-refractivity contribution is 0.415. The number of nitrogens with zero attached hydrogens (tertiary/aromatic N) is 1. The summed E-state index contributed by atoms with van der Waals surface area (Å²) in [4.78, 5) is 3.46. The first-order valence-electron chi connectivity index (χ1n) is 5.50. The van der Waals surface area contributed by atoms with Crippen molar-refractivity contribution in [2.24, 2.45) is 0 Å². The number of nitrogens with two attached hydrogens (primary N) is 1. The van der Waals surface area contributed by atoms with Crippen molar-refractivity contribution in [3.05, 3.63) is 42.5 Å². The molecule has 20 heavy (non-hydrogen) atoms. The van der Waals surface area contributed by atoms with E-state index < -0.39 is 15.8 Å². The standard InChI is InChI=1S/C12H12FN3O3S/c1-19-12-6-8(2-3-10(12)14)20(17,18)16-11-4-5-15-7-9(11)13/h2-7H,14H2,1H3,(H,15,16). The van der Waals surface area contributed by atoms with Crippen LogP contribution in [0.15, 0.2) is 41.6 Å². The van der Waals surface area contributed by atoms with Gasteiger partial charge in [-0.2, -0.15) is 0 Å². The number of pyridine rings is 1. The van der Waals surface area contributed by atoms with Crippen LogP contribution in [0.1, 0.15) is 0 Å². The summed E-state index contributed by atoms with van der Waals surface area (Å²) in [6, 6.07) is 5.19. The molecule has 8 heteroatoms. The predicted molar refractivity (Wildman–Crippen MR) is 72.4 cm³/mol. The van der Waals surface area contributed by atoms with E-state index in [9.17, 15) is 12.8 Å². The molecule has 1 aromatic carbocycles. The number of aromatic nitrogens is 1. The number of rotatable bonds is 4. The highest BCUT2D eigenvalue weighted by molar-refractivity contribution is 7.92. The second-order valence-electron chi connectivity index (χ2n) is 3.86. The summed E-state index contributed by atoms with van der Waals surface area (Å²) in [5, 5.41) is 0. The van der Waals surface area contributed by atoms with E-state index in [0.29, 0.717) is 5.69 Å². The Labute approximate surface area is 115 Å². The molecule has 2 aromatic rings. The second-order valence-corrected chi connectivity index (χ2v) is 5.55. The summed E-state index contributed by atoms with van der Waals surface area (Å²) in [7, 11) is -2.57. The van der Waals surface area contributed by atoms with Crippen molar-refractivity contribution in [2.75, 3.05) is 17.6 Å². The topological polar surface area (TPSA) is 94.3 Å². The molecule has 0 bridgehead atoms. The molecule has 0 unspecified atom stereocenters. The number of hydrogen-bond donors (Lipinski definition) is 2. The highest BCUT2D eigenvalue weighted by Gasteiger charge is 2.17. The van der Waals surface area contributed by atoms with Gasteiger partial charge in [-0.3, -0.25) is 9.71 Å². The number of halogens is 1. The van der Waals surface area contributed by atoms with Gasteiger partial charge in [0.2, 0.25) is 0 Å². The van der Waals surface area contributed by atoms with Gasteiger partial charge in [0.25, 0.3) is 10.0 Å². The molecule has 106 valence electrons. The molecule has 6 nitrogen and oxygen atoms in total. The monoisotopic (exact) mass is 297 g/mol. The molecule has 0 aliphatic heterocycles. The van der Waals surface area contributed by atoms with Gasteiger partial charge in [0, 0.05) is 12.3 Å². The number of hydrogen-bond acceptors (Lipinski definition) is 5. The predicted octanol–water partition coefficient (Wildman–Crippen LogP) is 1.61. The highest BCUT2D eigenvalue weighted by Crippen LogP contribution is 2.26. The van der Waals surface area contributed by atoms with E-state index >= 15 is 0 Å². The second kappa shape index (κ2) is 5.33. The Morgan fingerprint density at radius 1 is 1.35 bits per heavy atom. The molecule has 0 saturated heterocycles. The van der Waals surface area contributed by atoms with Crippen molar-refractivity contribution in [1.82, 2.24) is 4.98 Å². The number of methoxy groups -OCH3 is 1. The van der Waals surface area contributed by atoms with Gasteiger partial charge in [-0.1, -0.05) is 0 Å². The van der Waals surface area contributed by atoms with Crippen molar-refractivity contribution >= 4 is 21.4 Å². The Morgan fingerprint density at radius 3 is 2.75 bits per heavy atom. The van der Waals surface area contributed by atoms with E-state index in [1.165, 1.54) is 37.6 Å². The van der Waals surface area contributed by atoms with Crippen LogP contribution in [0.3, 0.4) is 0 Å². The highest BCUT2D eigenvalue weighted by atomic mass is 32.2. The fraction of sp³-hybridized carbons (Fsp3) is 0.0833. The van der Waals surface area contributed by atoms with Gasteiger partial charge in [0.15, 0.2) is 5.82 Å². The van der Waals surface area contributed by atoms with Crippen LogP contribution in [-0.4, -0.2) is 20.5 Å². The average molecular weight is 297 g/mol. The lowest BCUT2D eigenvalue weighted by Crippen LogP contribution is -2.14. The van der Waals surface area contributed by atoms with Crippen molar-refractivity contribution in [2.45, 2.75) is 4.90 Å². The van der Waals surface area contributed by atoms with Crippen LogP contribution in [0.25, 0.3) is 0 Å². The van der Waals surface area contributed by atoms with Gasteiger partial charge < -0.3 is 10.5 Å². The molecule has 0 aliphatic carbocycles. The molecule has 0 fully saturated rings. The molecule has 2 rings (SSSR count). The Bertz CT molecular complexity index is 734. The van der Waals surface area contributed by atoms with E-state index in [4.69, 9.17) is 10.5 Å². The van der Waals surface area contributed by atoms with E-state index in [2.05, 4.69) is 9.71 Å². The first-order chi connectivity index (χ1) is 9.44. The third-order valence-corrected chi connectivity index (χ3v) is 3.90. The van der Waals surface area contributed by atoms with E-state index in [0.717, 1.165) is 6.20 Å². The maximum absolute atomic E-state index is 13.4. The lowest BCUT2D eigenvalue weighted by Gasteiger charge is -2.10. The summed E-state index contributed by atoms with van der Waals surface area (Å²) in [5.74, 6) is -0.540. The minimum atomic E-state index is -3.94. The molecule has 1 aromatic heterocycles. The summed E-state index contributed by atoms with van der Waals surface area (Å²) >= 11 is 0. The molecule has 0 atom stereocenters. The Hall–Kier alpha value is -2.35. The van der Waals surface area contributed by atoms with Crippen LogP contribution in [-0.2, 0) is 10.0 Å². The molecule has 0 spiro atoms. The van der Waals surface area contributed by atoms with Crippen LogP contribution in [0.2, 0.25) is 0 Å². The quantitative estimate of drug-likeness (QED) is 0.836. The van der Waals surface area contributed by atoms with Gasteiger partial charge in [-0.25, -0.2) is 12.8 Å². The van der Waals surface area contributed by atoms with E-state index in [1.54, 1.807) is 0 Å². The summed E-state index contributed by atoms with van der Waals surface area (Å²) in [6.07, 6.45) is 2.20. The number of benzene rings is 1. The minimum Gasteiger partial charge on any atom is -0.495 e. The van der Waals surface area contributed by atoms with E-state index in [1.807, 2.05) is 0 Å². The number of anilines is 2. The summed E-state index contributed by atoms with van der Waals surface area (Å²) in [5.41, 5.74) is 5.73. The summed E-state index contributed by atoms with van der Waals surface area (Å²) in [6.45, 7) is 0. The molecule has 3 N–H and O–H groups in total. The maximum Gasteiger partial charge on any atom is 0.262 e. The normalized spacial score (nSPS) is 11.1. The van der Waals surface area contributed by atoms with Crippen molar-refractivity contribution < 1.29 is 17.5 Å². The molecular formula is C12H12FN3O3S. The largest absolute Gasteiger partial charge is 0.495 e. The van der Waals surface area contributed by atoms with Gasteiger partial charge >= 0.3 is 0 Å². The van der Waals surface area contributed by atoms with Crippen LogP contribution < -0.4 is 15.2 Å². The molecule has 1 heterocycles. The minimum absolute atomic E-state index is 0.0836. The Morgan fingerprint density at radius 2 is 2.10 bits per heavy atom. The van der Waals surface area contributed by atoms with Crippen LogP contribution in [0.4, 0.5) is 15.8 Å². The fourth-order valence-corrected chi connectivity index (χ4v) is 2.60. The van der Waals surface area contributed by atoms with Crippen LogP contribution in [0, 0.1) is 5.82 Å². The first kappa shape index (κ1) is 14.1. The smallest absolute Gasteiger partial charge is 0.262 e. The van der Waals surface area contributed by atoms with Gasteiger partial charge in [-0.05, 0) is 18.2 Å². The van der Waals surface area contributed by atoms with Gasteiger partial charge in [-0.15, -0.1) is 0 Å². The summed E-state index contributed by atoms with van der Waals surface area (Å²) < 4.78 is 44.8. The number of nitrogens with one attached hydrogen (secondary N) is 1. The maximum atomic E-state index is 13.4. The number of ether oxygens (including phenoxy) is 1. The zero-order valence-electron chi connectivity index (χ0n) is 10.5. The van der Waals surface area contributed by atoms with Crippen LogP contribution in [0.5, 0.6) is 5.75 Å². The molecular weight excluding hydrogens is 285 g/mol. The lowest BCUT2D eigenvalue weighted by atomic mass is 10.3. The first-order valence-corrected chi connectivity index (χ1v) is 6.98. The average Bonchev–Trinajstić information content (AvgIpc) is 2.41. The Kier molecular flexibility index (Phi) is 3.75. The van der Waals surface area contributed by atoms with Crippen LogP contribution >= 0.6 is 0 Å². The van der Waals surface area contributed by atoms with E-state index in [-0.39, 0.29) is 16.3 Å². The van der Waals surface area contributed by atoms with Crippen molar-refractivity contribution in [3.63, 3.8) is 0 Å². The van der Waals surface area contributed by atoms with Gasteiger partial charge in [0.1, 0.15) is 5.75 Å². The molecule has 0 amide bonds. The zero-order chi connectivity index (χ0) is 14.8. The number of nitrogen functional groups attached to an aromatic ring is 1. The molecule has 0 aliphatic rings. The van der Waals surface area contributed by atoms with Gasteiger partial charge in [0.05, 0.1) is 29.6 Å². The molecule has 0 radical (unpaired) electrons.